The van der Waals surface area contributed by atoms with Crippen molar-refractivity contribution < 1.29 is 18.7 Å². The third kappa shape index (κ3) is 31.8. The maximum absolute atomic E-state index is 10.5. The maximum atomic E-state index is 10.5. The van der Waals surface area contributed by atoms with Gasteiger partial charge in [0.15, 0.2) is 0 Å². The number of nitrogens with one attached hydrogen (secondary N) is 4. The molecule has 0 spiro atoms. The second kappa shape index (κ2) is 29.0. The fourth-order valence-electron chi connectivity index (χ4n) is 3.57. The van der Waals surface area contributed by atoms with Crippen molar-refractivity contribution in [3.8, 4) is 0 Å². The SMILES string of the molecule is O=C(O)CCCCCCNCCCNCCCCCCNCCCNCCCCCSS(=O)O. The topological polar surface area (TPSA) is 123 Å². The summed E-state index contributed by atoms with van der Waals surface area (Å²) >= 11 is 0. The van der Waals surface area contributed by atoms with Crippen molar-refractivity contribution in [2.45, 2.75) is 89.9 Å². The summed E-state index contributed by atoms with van der Waals surface area (Å²) in [6.45, 7) is 8.56. The Kier molecular flexibility index (Phi) is 28.8. The highest BCUT2D eigenvalue weighted by Crippen LogP contribution is 2.08. The number of rotatable bonds is 29. The average Bonchev–Trinajstić information content (AvgIpc) is 2.80. The van der Waals surface area contributed by atoms with Crippen molar-refractivity contribution in [1.29, 1.82) is 0 Å². The largest absolute Gasteiger partial charge is 0.481 e. The number of carboxylic acids is 1. The van der Waals surface area contributed by atoms with Gasteiger partial charge in [0.25, 0.3) is 0 Å². The van der Waals surface area contributed by atoms with Crippen LogP contribution in [-0.4, -0.2) is 77.9 Å². The summed E-state index contributed by atoms with van der Waals surface area (Å²) in [5.41, 5.74) is 0. The van der Waals surface area contributed by atoms with Crippen LogP contribution in [0.1, 0.15) is 89.9 Å². The highest BCUT2D eigenvalue weighted by atomic mass is 33.1. The molecule has 0 aliphatic heterocycles. The predicted octanol–water partition coefficient (Wildman–Crippen LogP) is 3.76. The molecule has 0 amide bonds. The van der Waals surface area contributed by atoms with E-state index in [-0.39, 0.29) is 0 Å². The van der Waals surface area contributed by atoms with Gasteiger partial charge in [-0.05, 0) is 115 Å². The molecule has 0 saturated heterocycles. The van der Waals surface area contributed by atoms with E-state index in [9.17, 15) is 9.00 Å². The molecule has 204 valence electrons. The molecule has 0 aliphatic rings. The fraction of sp³-hybridized carbons (Fsp3) is 0.958. The van der Waals surface area contributed by atoms with E-state index in [2.05, 4.69) is 21.3 Å². The Balaban J connectivity index is 3.03. The first-order chi connectivity index (χ1) is 16.6. The summed E-state index contributed by atoms with van der Waals surface area (Å²) < 4.78 is 19.2. The van der Waals surface area contributed by atoms with Gasteiger partial charge >= 0.3 is 5.97 Å². The van der Waals surface area contributed by atoms with Crippen molar-refractivity contribution >= 4 is 26.9 Å². The molecule has 0 radical (unpaired) electrons. The molecule has 0 aromatic rings. The van der Waals surface area contributed by atoms with Gasteiger partial charge in [0.05, 0.1) is 0 Å². The Morgan fingerprint density at radius 3 is 1.29 bits per heavy atom. The lowest BCUT2D eigenvalue weighted by Crippen LogP contribution is -2.23. The van der Waals surface area contributed by atoms with Gasteiger partial charge in [-0.3, -0.25) is 9.35 Å². The van der Waals surface area contributed by atoms with Crippen LogP contribution in [0.3, 0.4) is 0 Å². The molecule has 0 bridgehead atoms. The quantitative estimate of drug-likeness (QED) is 0.0493. The van der Waals surface area contributed by atoms with Crippen LogP contribution in [0.25, 0.3) is 0 Å². The minimum absolute atomic E-state index is 0.302. The second-order valence-electron chi connectivity index (χ2n) is 8.78. The first-order valence-electron chi connectivity index (χ1n) is 13.4. The molecule has 0 saturated carbocycles. The van der Waals surface area contributed by atoms with E-state index < -0.39 is 16.1 Å². The average molecular weight is 525 g/mol. The van der Waals surface area contributed by atoms with Crippen molar-refractivity contribution in [2.24, 2.45) is 0 Å². The number of carboxylic acid groups (broad SMARTS) is 1. The third-order valence-electron chi connectivity index (χ3n) is 5.55. The lowest BCUT2D eigenvalue weighted by atomic mass is 10.1. The van der Waals surface area contributed by atoms with Crippen LogP contribution in [-0.2, 0) is 14.9 Å². The number of hydrogen-bond donors (Lipinski definition) is 6. The zero-order valence-corrected chi connectivity index (χ0v) is 22.9. The van der Waals surface area contributed by atoms with Crippen LogP contribution in [0.5, 0.6) is 0 Å². The Morgan fingerprint density at radius 1 is 0.559 bits per heavy atom. The highest BCUT2D eigenvalue weighted by Gasteiger charge is 1.97. The van der Waals surface area contributed by atoms with E-state index in [1.165, 1.54) is 25.7 Å². The molecule has 1 atom stereocenters. The second-order valence-corrected chi connectivity index (χ2v) is 11.4. The number of unbranched alkanes of at least 4 members (excludes halogenated alkanes) is 8. The Morgan fingerprint density at radius 2 is 0.912 bits per heavy atom. The molecule has 0 rings (SSSR count). The lowest BCUT2D eigenvalue weighted by molar-refractivity contribution is -0.137. The van der Waals surface area contributed by atoms with Crippen molar-refractivity contribution in [1.82, 2.24) is 21.3 Å². The third-order valence-corrected chi connectivity index (χ3v) is 7.31. The molecule has 0 heterocycles. The van der Waals surface area contributed by atoms with Crippen molar-refractivity contribution in [2.75, 3.05) is 58.1 Å². The lowest BCUT2D eigenvalue weighted by Gasteiger charge is -2.07. The highest BCUT2D eigenvalue weighted by molar-refractivity contribution is 8.67. The van der Waals surface area contributed by atoms with Crippen molar-refractivity contribution in [3.63, 3.8) is 0 Å². The molecule has 0 aliphatic carbocycles. The monoisotopic (exact) mass is 524 g/mol. The minimum atomic E-state index is -1.71. The van der Waals surface area contributed by atoms with Crippen LogP contribution >= 0.6 is 10.8 Å². The van der Waals surface area contributed by atoms with E-state index in [1.807, 2.05) is 0 Å². The summed E-state index contributed by atoms with van der Waals surface area (Å²) in [7, 11) is -0.600. The van der Waals surface area contributed by atoms with E-state index in [0.29, 0.717) is 6.42 Å². The Labute approximate surface area is 214 Å². The van der Waals surface area contributed by atoms with E-state index in [0.717, 1.165) is 127 Å². The summed E-state index contributed by atoms with van der Waals surface area (Å²) in [6, 6.07) is 0. The minimum Gasteiger partial charge on any atom is -0.481 e. The molecular weight excluding hydrogens is 472 g/mol. The predicted molar refractivity (Wildman–Crippen MR) is 147 cm³/mol. The summed E-state index contributed by atoms with van der Waals surface area (Å²) in [4.78, 5) is 10.4. The van der Waals surface area contributed by atoms with Gasteiger partial charge in [-0.15, -0.1) is 0 Å². The molecule has 6 N–H and O–H groups in total. The molecule has 0 fully saturated rings. The summed E-state index contributed by atoms with van der Waals surface area (Å²) in [6.07, 6.45) is 15.0. The normalized spacial score (nSPS) is 12.3. The van der Waals surface area contributed by atoms with Crippen molar-refractivity contribution in [3.05, 3.63) is 0 Å². The smallest absolute Gasteiger partial charge is 0.303 e. The van der Waals surface area contributed by atoms with E-state index in [1.54, 1.807) is 0 Å². The molecular formula is C24H52N4O4S2. The molecule has 1 unspecified atom stereocenters. The molecule has 0 aromatic carbocycles. The summed E-state index contributed by atoms with van der Waals surface area (Å²) in [5, 5.41) is 22.6. The molecule has 10 heteroatoms. The first-order valence-corrected chi connectivity index (χ1v) is 16.0. The first kappa shape index (κ1) is 33.8. The van der Waals surface area contributed by atoms with Gasteiger partial charge in [0.1, 0.15) is 0 Å². The Hall–Kier alpha value is -0.230. The van der Waals surface area contributed by atoms with Gasteiger partial charge in [0, 0.05) is 12.2 Å². The standard InChI is InChI=1S/C24H52N4O4S2/c29-24(30)14-6-1-2-7-15-25-19-12-20-26-16-8-3-4-9-17-27-21-13-22-28-18-10-5-11-23-33-34(31)32/h25-28H,1-23H2,(H,29,30)(H,31,32). The van der Waals surface area contributed by atoms with Crippen LogP contribution in [0.15, 0.2) is 0 Å². The number of aliphatic carboxylic acids is 1. The molecule has 34 heavy (non-hydrogen) atoms. The fourth-order valence-corrected chi connectivity index (χ4v) is 4.81. The maximum Gasteiger partial charge on any atom is 0.303 e. The van der Waals surface area contributed by atoms with Gasteiger partial charge in [-0.25, -0.2) is 4.21 Å². The summed E-state index contributed by atoms with van der Waals surface area (Å²) in [5.74, 6) is 0.0816. The van der Waals surface area contributed by atoms with Crippen LogP contribution in [0.4, 0.5) is 0 Å². The van der Waals surface area contributed by atoms with E-state index >= 15 is 0 Å². The van der Waals surface area contributed by atoms with Crippen LogP contribution in [0.2, 0.25) is 0 Å². The van der Waals surface area contributed by atoms with Crippen LogP contribution in [0, 0.1) is 0 Å². The van der Waals surface area contributed by atoms with Crippen LogP contribution < -0.4 is 21.3 Å². The van der Waals surface area contributed by atoms with Gasteiger partial charge in [0.2, 0.25) is 10.1 Å². The zero-order chi connectivity index (χ0) is 25.0. The molecule has 0 aromatic heterocycles. The van der Waals surface area contributed by atoms with Gasteiger partial charge in [-0.2, -0.15) is 0 Å². The molecule has 8 nitrogen and oxygen atoms in total. The number of carbonyl (C=O) groups is 1. The van der Waals surface area contributed by atoms with Gasteiger partial charge in [-0.1, -0.05) is 32.1 Å². The number of hydrogen-bond acceptors (Lipinski definition) is 7. The zero-order valence-electron chi connectivity index (χ0n) is 21.3. The van der Waals surface area contributed by atoms with Gasteiger partial charge < -0.3 is 26.4 Å². The Bertz CT molecular complexity index is 423. The van der Waals surface area contributed by atoms with E-state index in [4.69, 9.17) is 9.66 Å².